The highest BCUT2D eigenvalue weighted by Gasteiger charge is 2.38. The van der Waals surface area contributed by atoms with Crippen LogP contribution < -0.4 is 10.6 Å². The second kappa shape index (κ2) is 10.8. The fourth-order valence-electron chi connectivity index (χ4n) is 4.76. The summed E-state index contributed by atoms with van der Waals surface area (Å²) in [7, 11) is 0. The van der Waals surface area contributed by atoms with Crippen molar-refractivity contribution in [2.24, 2.45) is 11.8 Å². The van der Waals surface area contributed by atoms with Crippen LogP contribution in [0.1, 0.15) is 48.5 Å². The number of benzene rings is 1. The minimum absolute atomic E-state index is 0.0262. The van der Waals surface area contributed by atoms with Crippen molar-refractivity contribution in [2.75, 3.05) is 19.6 Å². The normalized spacial score (nSPS) is 20.8. The van der Waals surface area contributed by atoms with Gasteiger partial charge in [-0.25, -0.2) is 8.78 Å². The molecule has 3 aromatic rings. The maximum absolute atomic E-state index is 14.1. The van der Waals surface area contributed by atoms with Gasteiger partial charge in [-0.2, -0.15) is 0 Å². The molecule has 1 saturated carbocycles. The molecule has 1 aromatic carbocycles. The van der Waals surface area contributed by atoms with Gasteiger partial charge in [-0.3, -0.25) is 14.6 Å². The molecule has 194 valence electrons. The Bertz CT molecular complexity index is 1260. The van der Waals surface area contributed by atoms with Crippen LogP contribution in [0.5, 0.6) is 0 Å². The first-order chi connectivity index (χ1) is 17.9. The molecule has 0 bridgehead atoms. The van der Waals surface area contributed by atoms with E-state index < -0.39 is 29.5 Å². The summed E-state index contributed by atoms with van der Waals surface area (Å²) in [5.41, 5.74) is 0.864. The molecule has 3 heterocycles. The Labute approximate surface area is 213 Å². The van der Waals surface area contributed by atoms with E-state index in [0.29, 0.717) is 18.9 Å². The van der Waals surface area contributed by atoms with Gasteiger partial charge in [0.05, 0.1) is 17.7 Å². The second-order valence-corrected chi connectivity index (χ2v) is 9.86. The quantitative estimate of drug-likeness (QED) is 0.480. The van der Waals surface area contributed by atoms with Crippen LogP contribution in [0.4, 0.5) is 8.78 Å². The molecular formula is C27H29F2N5O3. The van der Waals surface area contributed by atoms with Gasteiger partial charge in [-0.15, -0.1) is 0 Å². The molecule has 0 spiro atoms. The maximum atomic E-state index is 14.1. The summed E-state index contributed by atoms with van der Waals surface area (Å²) in [6, 6.07) is 9.24. The zero-order valence-corrected chi connectivity index (χ0v) is 20.5. The van der Waals surface area contributed by atoms with E-state index >= 15 is 0 Å². The average molecular weight is 510 g/mol. The highest BCUT2D eigenvalue weighted by molar-refractivity contribution is 5.93. The molecule has 2 fully saturated rings. The van der Waals surface area contributed by atoms with Gasteiger partial charge in [0.1, 0.15) is 17.3 Å². The molecule has 2 amide bonds. The number of nitrogens with one attached hydrogen (secondary N) is 2. The molecule has 0 unspecified atom stereocenters. The van der Waals surface area contributed by atoms with E-state index in [9.17, 15) is 18.4 Å². The largest absolute Gasteiger partial charge is 0.350 e. The number of halogens is 2. The third-order valence-corrected chi connectivity index (χ3v) is 6.99. The van der Waals surface area contributed by atoms with Crippen LogP contribution in [0.3, 0.4) is 0 Å². The average Bonchev–Trinajstić information content (AvgIpc) is 3.57. The number of piperidine rings is 1. The van der Waals surface area contributed by atoms with Gasteiger partial charge in [0.25, 0.3) is 5.91 Å². The lowest BCUT2D eigenvalue weighted by Gasteiger charge is -2.38. The van der Waals surface area contributed by atoms with Gasteiger partial charge in [-0.05, 0) is 56.4 Å². The van der Waals surface area contributed by atoms with Crippen LogP contribution in [0.2, 0.25) is 0 Å². The first-order valence-corrected chi connectivity index (χ1v) is 12.5. The Kier molecular flexibility index (Phi) is 7.27. The van der Waals surface area contributed by atoms with Gasteiger partial charge in [-0.1, -0.05) is 11.2 Å². The number of amides is 2. The smallest absolute Gasteiger partial charge is 0.290 e. The summed E-state index contributed by atoms with van der Waals surface area (Å²) in [5, 5.41) is 9.75. The van der Waals surface area contributed by atoms with Crippen molar-refractivity contribution in [3.8, 4) is 11.3 Å². The van der Waals surface area contributed by atoms with Gasteiger partial charge >= 0.3 is 0 Å². The number of hydrogen-bond acceptors (Lipinski definition) is 6. The Morgan fingerprint density at radius 3 is 2.73 bits per heavy atom. The number of likely N-dealkylation sites (tertiary alicyclic amines) is 1. The molecule has 2 N–H and O–H groups in total. The lowest BCUT2D eigenvalue weighted by molar-refractivity contribution is -0.128. The standard InChI is InChI=1S/C27H29F2N5O3/c1-16(22-4-2-3-10-30-22)31-26(35)20-15-34(14-17-5-6-17)11-9-23(20)32-27(36)25-13-24(33-37-25)19-8-7-18(28)12-21(19)29/h2-4,7-8,10,12-13,16-17,20,23H,5-6,9,11,14-15H2,1H3,(H,31,35)(H,32,36)/t16-,20-,23-/m1/s1. The number of hydrogen-bond donors (Lipinski definition) is 2. The maximum Gasteiger partial charge on any atom is 0.290 e. The molecule has 2 aromatic heterocycles. The van der Waals surface area contributed by atoms with Gasteiger partial charge < -0.3 is 20.1 Å². The highest BCUT2D eigenvalue weighted by atomic mass is 19.1. The van der Waals surface area contributed by atoms with Crippen molar-refractivity contribution < 1.29 is 22.9 Å². The molecule has 10 heteroatoms. The molecule has 1 saturated heterocycles. The van der Waals surface area contributed by atoms with Crippen LogP contribution in [0.15, 0.2) is 53.2 Å². The number of pyridine rings is 1. The molecular weight excluding hydrogens is 480 g/mol. The van der Waals surface area contributed by atoms with E-state index in [1.165, 1.54) is 25.0 Å². The highest BCUT2D eigenvalue weighted by Crippen LogP contribution is 2.31. The predicted molar refractivity (Wildman–Crippen MR) is 131 cm³/mol. The van der Waals surface area contributed by atoms with E-state index in [2.05, 4.69) is 25.7 Å². The predicted octanol–water partition coefficient (Wildman–Crippen LogP) is 3.72. The lowest BCUT2D eigenvalue weighted by atomic mass is 9.90. The van der Waals surface area contributed by atoms with Crippen molar-refractivity contribution in [1.82, 2.24) is 25.7 Å². The monoisotopic (exact) mass is 509 g/mol. The molecule has 0 radical (unpaired) electrons. The molecule has 2 aliphatic rings. The van der Waals surface area contributed by atoms with Crippen molar-refractivity contribution in [3.63, 3.8) is 0 Å². The number of nitrogens with zero attached hydrogens (tertiary/aromatic N) is 3. The van der Waals surface area contributed by atoms with Crippen molar-refractivity contribution in [1.29, 1.82) is 0 Å². The van der Waals surface area contributed by atoms with Crippen LogP contribution in [-0.4, -0.2) is 52.5 Å². The Morgan fingerprint density at radius 2 is 2.00 bits per heavy atom. The van der Waals surface area contributed by atoms with E-state index in [4.69, 9.17) is 4.52 Å². The first-order valence-electron chi connectivity index (χ1n) is 12.5. The van der Waals surface area contributed by atoms with Crippen LogP contribution >= 0.6 is 0 Å². The van der Waals surface area contributed by atoms with Crippen LogP contribution in [-0.2, 0) is 4.79 Å². The molecule has 8 nitrogen and oxygen atoms in total. The summed E-state index contributed by atoms with van der Waals surface area (Å²) in [5.74, 6) is -2.12. The summed E-state index contributed by atoms with van der Waals surface area (Å²) in [6.45, 7) is 4.13. The Balaban J connectivity index is 1.29. The van der Waals surface area contributed by atoms with Crippen molar-refractivity contribution in [3.05, 3.63) is 71.8 Å². The topological polar surface area (TPSA) is 100 Å². The molecule has 1 aliphatic carbocycles. The SMILES string of the molecule is C[C@@H](NC(=O)[C@@H]1CN(CC2CC2)CC[C@H]1NC(=O)c1cc(-c2ccc(F)cc2F)no1)c1ccccn1. The second-order valence-electron chi connectivity index (χ2n) is 9.86. The van der Waals surface area contributed by atoms with E-state index in [1.807, 2.05) is 25.1 Å². The summed E-state index contributed by atoms with van der Waals surface area (Å²) >= 11 is 0. The number of carbonyl (C=O) groups is 2. The number of carbonyl (C=O) groups excluding carboxylic acids is 2. The number of rotatable bonds is 8. The molecule has 37 heavy (non-hydrogen) atoms. The first kappa shape index (κ1) is 25.0. The minimum atomic E-state index is -0.804. The van der Waals surface area contributed by atoms with Gasteiger partial charge in [0, 0.05) is 49.6 Å². The Morgan fingerprint density at radius 1 is 1.16 bits per heavy atom. The minimum Gasteiger partial charge on any atom is -0.350 e. The fraction of sp³-hybridized carbons (Fsp3) is 0.407. The van der Waals surface area contributed by atoms with Gasteiger partial charge in [0.2, 0.25) is 11.7 Å². The van der Waals surface area contributed by atoms with Crippen LogP contribution in [0.25, 0.3) is 11.3 Å². The lowest BCUT2D eigenvalue weighted by Crippen LogP contribution is -2.56. The third kappa shape index (κ3) is 6.02. The summed E-state index contributed by atoms with van der Waals surface area (Å²) in [6.07, 6.45) is 4.71. The molecule has 1 aliphatic heterocycles. The van der Waals surface area contributed by atoms with Crippen molar-refractivity contribution in [2.45, 2.75) is 38.3 Å². The third-order valence-electron chi connectivity index (χ3n) is 6.99. The van der Waals surface area contributed by atoms with E-state index in [1.54, 1.807) is 6.20 Å². The summed E-state index contributed by atoms with van der Waals surface area (Å²) in [4.78, 5) is 33.0. The zero-order valence-electron chi connectivity index (χ0n) is 20.5. The van der Waals surface area contributed by atoms with E-state index in [-0.39, 0.29) is 29.0 Å². The zero-order chi connectivity index (χ0) is 25.9. The van der Waals surface area contributed by atoms with E-state index in [0.717, 1.165) is 30.9 Å². The molecule has 3 atom stereocenters. The Hall–Kier alpha value is -3.66. The van der Waals surface area contributed by atoms with Crippen LogP contribution in [0, 0.1) is 23.5 Å². The fourth-order valence-corrected chi connectivity index (χ4v) is 4.76. The van der Waals surface area contributed by atoms with Crippen molar-refractivity contribution >= 4 is 11.8 Å². The molecule has 5 rings (SSSR count). The number of aromatic nitrogens is 2. The summed E-state index contributed by atoms with van der Waals surface area (Å²) < 4.78 is 32.6. The van der Waals surface area contributed by atoms with Gasteiger partial charge in [0.15, 0.2) is 0 Å².